The van der Waals surface area contributed by atoms with Crippen molar-refractivity contribution >= 4 is 29.1 Å². The summed E-state index contributed by atoms with van der Waals surface area (Å²) in [4.78, 5) is 37.7. The molecular formula is C23H29N3O3S. The molecule has 1 aliphatic rings. The van der Waals surface area contributed by atoms with Crippen molar-refractivity contribution in [2.45, 2.75) is 53.5 Å². The molecular weight excluding hydrogens is 398 g/mol. The Morgan fingerprint density at radius 3 is 2.37 bits per heavy atom. The molecule has 30 heavy (non-hydrogen) atoms. The van der Waals surface area contributed by atoms with Crippen LogP contribution < -0.4 is 16.2 Å². The van der Waals surface area contributed by atoms with E-state index in [4.69, 9.17) is 0 Å². The van der Waals surface area contributed by atoms with Gasteiger partial charge in [0.05, 0.1) is 4.88 Å². The number of thiophene rings is 1. The first-order valence-corrected chi connectivity index (χ1v) is 11.0. The smallest absolute Gasteiger partial charge is 0.279 e. The molecule has 3 N–H and O–H groups in total. The zero-order valence-electron chi connectivity index (χ0n) is 17.9. The van der Waals surface area contributed by atoms with Crippen LogP contribution in [0.25, 0.3) is 0 Å². The van der Waals surface area contributed by atoms with Gasteiger partial charge < -0.3 is 5.32 Å². The molecule has 6 nitrogen and oxygen atoms in total. The largest absolute Gasteiger partial charge is 0.352 e. The van der Waals surface area contributed by atoms with Gasteiger partial charge in [-0.25, -0.2) is 0 Å². The van der Waals surface area contributed by atoms with E-state index < -0.39 is 0 Å². The molecule has 160 valence electrons. The van der Waals surface area contributed by atoms with Gasteiger partial charge in [0.2, 0.25) is 5.91 Å². The highest BCUT2D eigenvalue weighted by Crippen LogP contribution is 2.40. The second-order valence-corrected chi connectivity index (χ2v) is 10.0. The van der Waals surface area contributed by atoms with Crippen LogP contribution in [0, 0.1) is 11.3 Å². The van der Waals surface area contributed by atoms with Crippen LogP contribution in [0.5, 0.6) is 0 Å². The van der Waals surface area contributed by atoms with E-state index in [0.717, 1.165) is 24.8 Å². The maximum Gasteiger partial charge on any atom is 0.279 e. The minimum Gasteiger partial charge on any atom is -0.352 e. The van der Waals surface area contributed by atoms with E-state index in [1.54, 1.807) is 24.3 Å². The molecule has 1 unspecified atom stereocenters. The van der Waals surface area contributed by atoms with Crippen molar-refractivity contribution in [3.8, 4) is 0 Å². The van der Waals surface area contributed by atoms with E-state index in [1.807, 2.05) is 6.07 Å². The number of fused-ring (bicyclic) bond motifs is 1. The summed E-state index contributed by atoms with van der Waals surface area (Å²) in [6.45, 7) is 8.67. The first-order valence-electron chi connectivity index (χ1n) is 10.2. The predicted octanol–water partition coefficient (Wildman–Crippen LogP) is 3.61. The molecule has 0 saturated heterocycles. The van der Waals surface area contributed by atoms with E-state index in [9.17, 15) is 14.4 Å². The Bertz CT molecular complexity index is 942. The topological polar surface area (TPSA) is 87.3 Å². The van der Waals surface area contributed by atoms with E-state index in [-0.39, 0.29) is 23.1 Å². The van der Waals surface area contributed by atoms with E-state index in [1.165, 1.54) is 28.7 Å². The maximum absolute atomic E-state index is 12.5. The fraction of sp³-hybridized carbons (Fsp3) is 0.435. The van der Waals surface area contributed by atoms with Gasteiger partial charge in [0.15, 0.2) is 0 Å². The second kappa shape index (κ2) is 9.00. The van der Waals surface area contributed by atoms with Crippen LogP contribution in [0.15, 0.2) is 30.3 Å². The summed E-state index contributed by atoms with van der Waals surface area (Å²) >= 11 is 1.52. The Balaban J connectivity index is 1.55. The van der Waals surface area contributed by atoms with Crippen molar-refractivity contribution in [2.75, 3.05) is 0 Å². The Morgan fingerprint density at radius 2 is 1.73 bits per heavy atom. The van der Waals surface area contributed by atoms with Crippen LogP contribution in [-0.2, 0) is 24.2 Å². The van der Waals surface area contributed by atoms with Crippen molar-refractivity contribution in [1.82, 2.24) is 16.2 Å². The number of benzene rings is 1. The molecule has 0 fully saturated rings. The molecule has 0 bridgehead atoms. The quantitative estimate of drug-likeness (QED) is 0.652. The molecule has 0 aliphatic heterocycles. The van der Waals surface area contributed by atoms with Gasteiger partial charge in [-0.15, -0.1) is 11.3 Å². The highest BCUT2D eigenvalue weighted by molar-refractivity contribution is 7.14. The van der Waals surface area contributed by atoms with Crippen LogP contribution in [0.2, 0.25) is 0 Å². The Hall–Kier alpha value is -2.67. The van der Waals surface area contributed by atoms with Crippen LogP contribution in [0.3, 0.4) is 0 Å². The number of carbonyl (C=O) groups excluding carboxylic acids is 3. The third kappa shape index (κ3) is 5.48. The van der Waals surface area contributed by atoms with Gasteiger partial charge in [0.1, 0.15) is 0 Å². The Labute approximate surface area is 181 Å². The number of aryl methyl sites for hydroxylation is 1. The van der Waals surface area contributed by atoms with Crippen LogP contribution >= 0.6 is 11.3 Å². The van der Waals surface area contributed by atoms with Crippen molar-refractivity contribution in [2.24, 2.45) is 11.3 Å². The van der Waals surface area contributed by atoms with Gasteiger partial charge in [-0.2, -0.15) is 0 Å². The third-order valence-electron chi connectivity index (χ3n) is 5.58. The molecule has 0 radical (unpaired) electrons. The molecule has 1 aromatic carbocycles. The van der Waals surface area contributed by atoms with Crippen molar-refractivity contribution in [1.29, 1.82) is 0 Å². The molecule has 1 aromatic heterocycles. The second-order valence-electron chi connectivity index (χ2n) is 8.88. The highest BCUT2D eigenvalue weighted by atomic mass is 32.1. The van der Waals surface area contributed by atoms with Crippen LogP contribution in [0.1, 0.15) is 70.1 Å². The lowest BCUT2D eigenvalue weighted by Crippen LogP contribution is -2.41. The minimum absolute atomic E-state index is 0.108. The number of rotatable bonds is 4. The SMILES string of the molecule is CC(=O)NCc1ccc(C(=O)NNC(=O)c2cc3c(s2)CCC(C(C)(C)C)C3)cc1. The molecule has 2 aromatic rings. The van der Waals surface area contributed by atoms with Crippen molar-refractivity contribution in [3.05, 3.63) is 56.8 Å². The van der Waals surface area contributed by atoms with Gasteiger partial charge in [0, 0.05) is 23.9 Å². The van der Waals surface area contributed by atoms with E-state index in [2.05, 4.69) is 36.9 Å². The van der Waals surface area contributed by atoms with Gasteiger partial charge in [-0.1, -0.05) is 32.9 Å². The van der Waals surface area contributed by atoms with Crippen molar-refractivity contribution in [3.63, 3.8) is 0 Å². The number of nitrogens with one attached hydrogen (secondary N) is 3. The molecule has 0 spiro atoms. The average molecular weight is 428 g/mol. The summed E-state index contributed by atoms with van der Waals surface area (Å²) < 4.78 is 0. The minimum atomic E-state index is -0.386. The van der Waals surface area contributed by atoms with Gasteiger partial charge >= 0.3 is 0 Å². The lowest BCUT2D eigenvalue weighted by atomic mass is 9.72. The molecule has 1 aliphatic carbocycles. The summed E-state index contributed by atoms with van der Waals surface area (Å²) in [5, 5.41) is 2.70. The summed E-state index contributed by atoms with van der Waals surface area (Å²) in [5.74, 6) is -0.173. The van der Waals surface area contributed by atoms with Crippen LogP contribution in [0.4, 0.5) is 0 Å². The Kier molecular flexibility index (Phi) is 6.61. The Morgan fingerprint density at radius 1 is 1.07 bits per heavy atom. The van der Waals surface area contributed by atoms with Crippen molar-refractivity contribution < 1.29 is 14.4 Å². The molecule has 1 atom stereocenters. The fourth-order valence-electron chi connectivity index (χ4n) is 3.62. The maximum atomic E-state index is 12.5. The number of hydrogen-bond acceptors (Lipinski definition) is 4. The monoisotopic (exact) mass is 427 g/mol. The first-order chi connectivity index (χ1) is 14.1. The molecule has 1 heterocycles. The molecule has 0 saturated carbocycles. The third-order valence-corrected chi connectivity index (χ3v) is 6.81. The standard InChI is InChI=1S/C23H29N3O3S/c1-14(27)24-13-15-5-7-16(8-6-15)21(28)25-26-22(29)20-12-17-11-18(23(2,3)4)9-10-19(17)30-20/h5-8,12,18H,9-11,13H2,1-4H3,(H,24,27)(H,25,28)(H,26,29). The normalized spacial score (nSPS) is 15.8. The molecule has 3 amide bonds. The number of amides is 3. The summed E-state index contributed by atoms with van der Waals surface area (Å²) in [6.07, 6.45) is 3.15. The van der Waals surface area contributed by atoms with Crippen LogP contribution in [-0.4, -0.2) is 17.7 Å². The van der Waals surface area contributed by atoms with E-state index >= 15 is 0 Å². The average Bonchev–Trinajstić information content (AvgIpc) is 3.13. The van der Waals surface area contributed by atoms with E-state index in [0.29, 0.717) is 22.9 Å². The number of hydrogen-bond donors (Lipinski definition) is 3. The molecule has 7 heteroatoms. The number of hydrazine groups is 1. The summed E-state index contributed by atoms with van der Waals surface area (Å²) in [7, 11) is 0. The lowest BCUT2D eigenvalue weighted by molar-refractivity contribution is -0.119. The highest BCUT2D eigenvalue weighted by Gasteiger charge is 2.30. The zero-order valence-corrected chi connectivity index (χ0v) is 18.7. The summed E-state index contributed by atoms with van der Waals surface area (Å²) in [5.41, 5.74) is 7.84. The van der Waals surface area contributed by atoms with Gasteiger partial charge in [-0.05, 0) is 59.9 Å². The fourth-order valence-corrected chi connectivity index (χ4v) is 4.73. The lowest BCUT2D eigenvalue weighted by Gasteiger charge is -2.33. The molecule has 3 rings (SSSR count). The predicted molar refractivity (Wildman–Crippen MR) is 118 cm³/mol. The zero-order chi connectivity index (χ0) is 21.9. The summed E-state index contributed by atoms with van der Waals surface area (Å²) in [6, 6.07) is 8.83. The number of carbonyl (C=O) groups is 3. The van der Waals surface area contributed by atoms with Gasteiger partial charge in [-0.3, -0.25) is 25.2 Å². The van der Waals surface area contributed by atoms with Gasteiger partial charge in [0.25, 0.3) is 11.8 Å². The first kappa shape index (κ1) is 22.0.